The molecule has 9 heteroatoms. The normalized spacial score (nSPS) is 12.9. The zero-order chi connectivity index (χ0) is 14.6. The average molecular weight is 289 g/mol. The molecule has 6 N–H and O–H groups in total. The Morgan fingerprint density at radius 1 is 1.53 bits per heavy atom. The van der Waals surface area contributed by atoms with E-state index >= 15 is 0 Å². The number of rotatable bonds is 6. The van der Waals surface area contributed by atoms with Crippen molar-refractivity contribution in [2.24, 2.45) is 5.73 Å². The summed E-state index contributed by atoms with van der Waals surface area (Å²) in [7, 11) is -2.65. The van der Waals surface area contributed by atoms with E-state index in [1.807, 2.05) is 0 Å². The van der Waals surface area contributed by atoms with Gasteiger partial charge >= 0.3 is 0 Å². The lowest BCUT2D eigenvalue weighted by atomic mass is 10.3. The van der Waals surface area contributed by atoms with Crippen molar-refractivity contribution in [2.45, 2.75) is 11.0 Å². The molecule has 1 aromatic carbocycles. The van der Waals surface area contributed by atoms with Crippen LogP contribution in [0.4, 0.5) is 5.69 Å². The van der Waals surface area contributed by atoms with Crippen molar-refractivity contribution >= 4 is 21.6 Å². The van der Waals surface area contributed by atoms with E-state index in [2.05, 4.69) is 4.72 Å². The van der Waals surface area contributed by atoms with Gasteiger partial charge in [-0.25, -0.2) is 13.1 Å². The summed E-state index contributed by atoms with van der Waals surface area (Å²) in [5, 5.41) is 9.15. The molecule has 0 aliphatic carbocycles. The van der Waals surface area contributed by atoms with Crippen molar-refractivity contribution in [3.63, 3.8) is 0 Å². The summed E-state index contributed by atoms with van der Waals surface area (Å²) in [5.41, 5.74) is 10.7. The Balaban J connectivity index is 2.98. The highest BCUT2D eigenvalue weighted by Crippen LogP contribution is 2.25. The van der Waals surface area contributed by atoms with Crippen LogP contribution in [0.2, 0.25) is 0 Å². The van der Waals surface area contributed by atoms with Crippen LogP contribution in [0.1, 0.15) is 0 Å². The first-order valence-electron chi connectivity index (χ1n) is 5.18. The molecule has 19 heavy (non-hydrogen) atoms. The number of ether oxygens (including phenoxy) is 1. The number of nitrogens with two attached hydrogens (primary N) is 2. The van der Waals surface area contributed by atoms with Crippen molar-refractivity contribution in [2.75, 3.05) is 19.4 Å². The molecule has 0 fully saturated rings. The highest BCUT2D eigenvalue weighted by atomic mass is 32.2. The molecule has 0 bridgehead atoms. The Bertz CT molecular complexity index is 573. The average Bonchev–Trinajstić information content (AvgIpc) is 2.35. The number of aliphatic hydroxyl groups excluding tert-OH is 1. The minimum atomic E-state index is -3.95. The summed E-state index contributed by atoms with van der Waals surface area (Å²) >= 11 is 0. The highest BCUT2D eigenvalue weighted by molar-refractivity contribution is 7.89. The molecule has 8 nitrogen and oxygen atoms in total. The molecule has 0 saturated carbocycles. The van der Waals surface area contributed by atoms with Crippen LogP contribution in [-0.2, 0) is 14.8 Å². The Kier molecular flexibility index (Phi) is 4.70. The summed E-state index contributed by atoms with van der Waals surface area (Å²) in [5.74, 6) is -0.965. The number of primary amides is 1. The van der Waals surface area contributed by atoms with Gasteiger partial charge in [-0.2, -0.15) is 0 Å². The first kappa shape index (κ1) is 15.2. The number of hydrogen-bond donors (Lipinski definition) is 4. The maximum absolute atomic E-state index is 12.0. The first-order valence-corrected chi connectivity index (χ1v) is 6.67. The number of carbonyl (C=O) groups is 1. The van der Waals surface area contributed by atoms with Gasteiger partial charge in [0.05, 0.1) is 7.11 Å². The largest absolute Gasteiger partial charge is 0.495 e. The van der Waals surface area contributed by atoms with Gasteiger partial charge in [-0.15, -0.1) is 0 Å². The van der Waals surface area contributed by atoms with Gasteiger partial charge in [0.2, 0.25) is 15.9 Å². The molecular weight excluding hydrogens is 274 g/mol. The van der Waals surface area contributed by atoms with E-state index in [1.165, 1.54) is 25.3 Å². The standard InChI is InChI=1S/C10H15N3O5S/c1-18-8-4-6(11)2-3-9(8)19(16,17)13-5-7(14)10(12)15/h2-4,7,13-14H,5,11H2,1H3,(H2,12,15). The number of anilines is 1. The van der Waals surface area contributed by atoms with Gasteiger partial charge in [-0.05, 0) is 12.1 Å². The Labute approximate surface area is 110 Å². The summed E-state index contributed by atoms with van der Waals surface area (Å²) < 4.78 is 30.9. The molecule has 1 aromatic rings. The van der Waals surface area contributed by atoms with Gasteiger partial charge < -0.3 is 21.3 Å². The zero-order valence-electron chi connectivity index (χ0n) is 10.2. The van der Waals surface area contributed by atoms with Crippen LogP contribution >= 0.6 is 0 Å². The number of methoxy groups -OCH3 is 1. The Morgan fingerprint density at radius 3 is 2.68 bits per heavy atom. The maximum Gasteiger partial charge on any atom is 0.247 e. The summed E-state index contributed by atoms with van der Waals surface area (Å²) in [6, 6.07) is 3.99. The lowest BCUT2D eigenvalue weighted by Crippen LogP contribution is -2.40. The number of benzene rings is 1. The van der Waals surface area contributed by atoms with Gasteiger partial charge in [0.15, 0.2) is 0 Å². The van der Waals surface area contributed by atoms with Crippen molar-refractivity contribution < 1.29 is 23.1 Å². The fraction of sp³-hybridized carbons (Fsp3) is 0.300. The molecule has 0 aromatic heterocycles. The number of nitrogens with one attached hydrogen (secondary N) is 1. The third-order valence-electron chi connectivity index (χ3n) is 2.27. The molecule has 0 heterocycles. The maximum atomic E-state index is 12.0. The van der Waals surface area contributed by atoms with Gasteiger partial charge in [0.1, 0.15) is 16.7 Å². The molecule has 1 unspecified atom stereocenters. The van der Waals surface area contributed by atoms with E-state index in [4.69, 9.17) is 21.3 Å². The summed E-state index contributed by atoms with van der Waals surface area (Å²) in [4.78, 5) is 10.5. The van der Waals surface area contributed by atoms with E-state index < -0.39 is 28.6 Å². The molecule has 0 aliphatic rings. The van der Waals surface area contributed by atoms with E-state index in [-0.39, 0.29) is 10.6 Å². The third kappa shape index (κ3) is 3.81. The van der Waals surface area contributed by atoms with E-state index in [9.17, 15) is 13.2 Å². The lowest BCUT2D eigenvalue weighted by molar-refractivity contribution is -0.125. The van der Waals surface area contributed by atoms with Crippen molar-refractivity contribution in [1.29, 1.82) is 0 Å². The van der Waals surface area contributed by atoms with Gasteiger partial charge in [-0.1, -0.05) is 0 Å². The van der Waals surface area contributed by atoms with Crippen LogP contribution in [0.3, 0.4) is 0 Å². The van der Waals surface area contributed by atoms with Crippen LogP contribution in [0, 0.1) is 0 Å². The van der Waals surface area contributed by atoms with E-state index in [1.54, 1.807) is 0 Å². The molecule has 1 rings (SSSR count). The van der Waals surface area contributed by atoms with Crippen LogP contribution in [0.25, 0.3) is 0 Å². The number of nitrogen functional groups attached to an aromatic ring is 1. The second-order valence-electron chi connectivity index (χ2n) is 3.68. The van der Waals surface area contributed by atoms with Crippen molar-refractivity contribution in [3.8, 4) is 5.75 Å². The summed E-state index contributed by atoms with van der Waals surface area (Å²) in [6.07, 6.45) is -1.60. The first-order chi connectivity index (χ1) is 8.77. The lowest BCUT2D eigenvalue weighted by Gasteiger charge is -2.12. The highest BCUT2D eigenvalue weighted by Gasteiger charge is 2.21. The second kappa shape index (κ2) is 5.87. The Hall–Kier alpha value is -1.84. The minimum Gasteiger partial charge on any atom is -0.495 e. The van der Waals surface area contributed by atoms with Crippen LogP contribution in [0.15, 0.2) is 23.1 Å². The number of sulfonamides is 1. The predicted octanol–water partition coefficient (Wildman–Crippen LogP) is -1.60. The molecule has 106 valence electrons. The predicted molar refractivity (Wildman–Crippen MR) is 67.8 cm³/mol. The van der Waals surface area contributed by atoms with Crippen molar-refractivity contribution in [3.05, 3.63) is 18.2 Å². The monoisotopic (exact) mass is 289 g/mol. The molecule has 0 radical (unpaired) electrons. The fourth-order valence-corrected chi connectivity index (χ4v) is 2.46. The molecule has 0 saturated heterocycles. The number of hydrogen-bond acceptors (Lipinski definition) is 6. The van der Waals surface area contributed by atoms with E-state index in [0.29, 0.717) is 5.69 Å². The summed E-state index contributed by atoms with van der Waals surface area (Å²) in [6.45, 7) is -0.523. The van der Waals surface area contributed by atoms with Gasteiger partial charge in [0.25, 0.3) is 0 Å². The number of amides is 1. The van der Waals surface area contributed by atoms with E-state index in [0.717, 1.165) is 0 Å². The fourth-order valence-electron chi connectivity index (χ4n) is 1.27. The number of aliphatic hydroxyl groups is 1. The Morgan fingerprint density at radius 2 is 2.16 bits per heavy atom. The molecular formula is C10H15N3O5S. The second-order valence-corrected chi connectivity index (χ2v) is 5.42. The van der Waals surface area contributed by atoms with Gasteiger partial charge in [-0.3, -0.25) is 4.79 Å². The van der Waals surface area contributed by atoms with Gasteiger partial charge in [0, 0.05) is 18.3 Å². The number of carbonyl (C=O) groups excluding carboxylic acids is 1. The molecule has 1 atom stereocenters. The molecule has 1 amide bonds. The smallest absolute Gasteiger partial charge is 0.247 e. The zero-order valence-corrected chi connectivity index (χ0v) is 11.0. The molecule has 0 spiro atoms. The third-order valence-corrected chi connectivity index (χ3v) is 3.74. The topological polar surface area (TPSA) is 145 Å². The van der Waals surface area contributed by atoms with Crippen molar-refractivity contribution in [1.82, 2.24) is 4.72 Å². The molecule has 0 aliphatic heterocycles. The minimum absolute atomic E-state index is 0.0565. The van der Waals surface area contributed by atoms with Crippen LogP contribution in [-0.4, -0.2) is 39.2 Å². The van der Waals surface area contributed by atoms with Crippen LogP contribution < -0.4 is 20.9 Å². The SMILES string of the molecule is COc1cc(N)ccc1S(=O)(=O)NCC(O)C(N)=O. The van der Waals surface area contributed by atoms with Crippen LogP contribution in [0.5, 0.6) is 5.75 Å². The quantitative estimate of drug-likeness (QED) is 0.464.